The van der Waals surface area contributed by atoms with E-state index in [1.165, 1.54) is 0 Å². The molecule has 1 heterocycles. The Balaban J connectivity index is 2.37. The maximum Gasteiger partial charge on any atom is 0.230 e. The third kappa shape index (κ3) is 2.13. The van der Waals surface area contributed by atoms with Crippen molar-refractivity contribution in [1.29, 1.82) is 0 Å². The molecule has 0 bridgehead atoms. The molecule has 2 rings (SSSR count). The fourth-order valence-corrected chi connectivity index (χ4v) is 2.17. The molecule has 0 radical (unpaired) electrons. The first-order chi connectivity index (χ1) is 8.57. The molecule has 96 valence electrons. The molecule has 1 aromatic carbocycles. The molecule has 0 fully saturated rings. The first kappa shape index (κ1) is 12.7. The van der Waals surface area contributed by atoms with Crippen molar-refractivity contribution < 1.29 is 4.79 Å². The first-order valence-electron chi connectivity index (χ1n) is 6.42. The van der Waals surface area contributed by atoms with Gasteiger partial charge in [0.1, 0.15) is 0 Å². The minimum Gasteiger partial charge on any atom is -0.361 e. The Kier molecular flexibility index (Phi) is 3.41. The number of amides is 1. The van der Waals surface area contributed by atoms with E-state index in [-0.39, 0.29) is 5.91 Å². The Labute approximate surface area is 108 Å². The van der Waals surface area contributed by atoms with E-state index < -0.39 is 5.41 Å². The van der Waals surface area contributed by atoms with Gasteiger partial charge in [0.05, 0.1) is 5.41 Å². The Morgan fingerprint density at radius 3 is 2.78 bits per heavy atom. The molecule has 1 amide bonds. The molecule has 0 aliphatic heterocycles. The predicted octanol–water partition coefficient (Wildman–Crippen LogP) is 2.97. The number of carbonyl (C=O) groups is 1. The van der Waals surface area contributed by atoms with Crippen LogP contribution < -0.4 is 5.32 Å². The van der Waals surface area contributed by atoms with Crippen molar-refractivity contribution in [3.8, 4) is 0 Å². The van der Waals surface area contributed by atoms with E-state index >= 15 is 0 Å². The van der Waals surface area contributed by atoms with Crippen LogP contribution in [0.5, 0.6) is 0 Å². The Morgan fingerprint density at radius 1 is 1.33 bits per heavy atom. The van der Waals surface area contributed by atoms with Crippen LogP contribution in [0.1, 0.15) is 32.8 Å². The van der Waals surface area contributed by atoms with Crippen molar-refractivity contribution in [3.63, 3.8) is 0 Å². The highest BCUT2D eigenvalue weighted by atomic mass is 16.2. The lowest BCUT2D eigenvalue weighted by Crippen LogP contribution is -2.40. The van der Waals surface area contributed by atoms with Crippen LogP contribution >= 0.6 is 0 Å². The van der Waals surface area contributed by atoms with Crippen molar-refractivity contribution >= 4 is 16.8 Å². The van der Waals surface area contributed by atoms with Gasteiger partial charge in [0, 0.05) is 23.6 Å². The summed E-state index contributed by atoms with van der Waals surface area (Å²) in [7, 11) is 0. The molecule has 0 saturated heterocycles. The van der Waals surface area contributed by atoms with Crippen LogP contribution in [0.4, 0.5) is 0 Å². The van der Waals surface area contributed by atoms with Crippen LogP contribution in [-0.2, 0) is 10.2 Å². The Morgan fingerprint density at radius 2 is 2.06 bits per heavy atom. The molecule has 0 unspecified atom stereocenters. The molecule has 0 aliphatic carbocycles. The molecule has 0 atom stereocenters. The summed E-state index contributed by atoms with van der Waals surface area (Å²) in [4.78, 5) is 15.5. The van der Waals surface area contributed by atoms with Gasteiger partial charge in [0.25, 0.3) is 0 Å². The van der Waals surface area contributed by atoms with Gasteiger partial charge in [-0.2, -0.15) is 0 Å². The number of hydrogen-bond donors (Lipinski definition) is 2. The average Bonchev–Trinajstić information content (AvgIpc) is 2.80. The Bertz CT molecular complexity index is 554. The third-order valence-electron chi connectivity index (χ3n) is 3.37. The summed E-state index contributed by atoms with van der Waals surface area (Å²) in [6, 6.07) is 8.07. The maximum atomic E-state index is 12.2. The summed E-state index contributed by atoms with van der Waals surface area (Å²) >= 11 is 0. The van der Waals surface area contributed by atoms with Crippen molar-refractivity contribution in [1.82, 2.24) is 10.3 Å². The SMILES string of the molecule is CCCNC(=O)C(C)(C)c1c[nH]c2ccccc12. The fourth-order valence-electron chi connectivity index (χ4n) is 2.17. The number of nitrogens with one attached hydrogen (secondary N) is 2. The molecule has 3 heteroatoms. The second-order valence-corrected chi connectivity index (χ2v) is 5.13. The van der Waals surface area contributed by atoms with Gasteiger partial charge in [-0.1, -0.05) is 25.1 Å². The molecule has 2 N–H and O–H groups in total. The summed E-state index contributed by atoms with van der Waals surface area (Å²) in [5, 5.41) is 4.09. The standard InChI is InChI=1S/C15H20N2O/c1-4-9-16-14(18)15(2,3)12-10-17-13-8-6-5-7-11(12)13/h5-8,10,17H,4,9H2,1-3H3,(H,16,18). The predicted molar refractivity (Wildman–Crippen MR) is 74.6 cm³/mol. The molecule has 0 spiro atoms. The molecule has 0 saturated carbocycles. The second-order valence-electron chi connectivity index (χ2n) is 5.13. The van der Waals surface area contributed by atoms with Crippen molar-refractivity contribution in [3.05, 3.63) is 36.0 Å². The second kappa shape index (κ2) is 4.84. The average molecular weight is 244 g/mol. The van der Waals surface area contributed by atoms with E-state index in [0.29, 0.717) is 0 Å². The van der Waals surface area contributed by atoms with E-state index in [4.69, 9.17) is 0 Å². The van der Waals surface area contributed by atoms with E-state index in [0.717, 1.165) is 29.4 Å². The number of aromatic amines is 1. The van der Waals surface area contributed by atoms with Crippen molar-refractivity contribution in [2.75, 3.05) is 6.54 Å². The highest BCUT2D eigenvalue weighted by molar-refractivity contribution is 5.94. The molecule has 3 nitrogen and oxygen atoms in total. The monoisotopic (exact) mass is 244 g/mol. The van der Waals surface area contributed by atoms with Gasteiger partial charge in [0.2, 0.25) is 5.91 Å². The number of rotatable bonds is 4. The third-order valence-corrected chi connectivity index (χ3v) is 3.37. The van der Waals surface area contributed by atoms with Gasteiger partial charge < -0.3 is 10.3 Å². The minimum absolute atomic E-state index is 0.0779. The molecular formula is C15H20N2O. The zero-order valence-electron chi connectivity index (χ0n) is 11.2. The number of hydrogen-bond acceptors (Lipinski definition) is 1. The van der Waals surface area contributed by atoms with Gasteiger partial charge in [-0.05, 0) is 31.9 Å². The summed E-state index contributed by atoms with van der Waals surface area (Å²) < 4.78 is 0. The normalized spacial score (nSPS) is 11.7. The number of para-hydroxylation sites is 1. The van der Waals surface area contributed by atoms with Gasteiger partial charge in [-0.15, -0.1) is 0 Å². The molecule has 0 aliphatic rings. The highest BCUT2D eigenvalue weighted by Crippen LogP contribution is 2.30. The largest absolute Gasteiger partial charge is 0.361 e. The zero-order valence-corrected chi connectivity index (χ0v) is 11.2. The van der Waals surface area contributed by atoms with Gasteiger partial charge in [-0.3, -0.25) is 4.79 Å². The number of H-pyrrole nitrogens is 1. The van der Waals surface area contributed by atoms with E-state index in [9.17, 15) is 4.79 Å². The van der Waals surface area contributed by atoms with Crippen molar-refractivity contribution in [2.45, 2.75) is 32.6 Å². The lowest BCUT2D eigenvalue weighted by Gasteiger charge is -2.23. The summed E-state index contributed by atoms with van der Waals surface area (Å²) in [5.41, 5.74) is 1.60. The van der Waals surface area contributed by atoms with Crippen LogP contribution in [0.3, 0.4) is 0 Å². The number of fused-ring (bicyclic) bond motifs is 1. The number of aromatic nitrogens is 1. The van der Waals surface area contributed by atoms with Crippen LogP contribution in [0.15, 0.2) is 30.5 Å². The summed E-state index contributed by atoms with van der Waals surface area (Å²) in [6.45, 7) is 6.71. The smallest absolute Gasteiger partial charge is 0.230 e. The van der Waals surface area contributed by atoms with Crippen LogP contribution in [0, 0.1) is 0 Å². The Hall–Kier alpha value is -1.77. The molecule has 1 aromatic heterocycles. The minimum atomic E-state index is -0.519. The highest BCUT2D eigenvalue weighted by Gasteiger charge is 2.31. The van der Waals surface area contributed by atoms with Gasteiger partial charge >= 0.3 is 0 Å². The van der Waals surface area contributed by atoms with Crippen LogP contribution in [0.25, 0.3) is 10.9 Å². The summed E-state index contributed by atoms with van der Waals surface area (Å²) in [6.07, 6.45) is 2.89. The van der Waals surface area contributed by atoms with Gasteiger partial charge in [0.15, 0.2) is 0 Å². The lowest BCUT2D eigenvalue weighted by molar-refractivity contribution is -0.125. The van der Waals surface area contributed by atoms with E-state index in [1.807, 2.05) is 38.2 Å². The first-order valence-corrected chi connectivity index (χ1v) is 6.42. The molecular weight excluding hydrogens is 224 g/mol. The quantitative estimate of drug-likeness (QED) is 0.853. The molecule has 2 aromatic rings. The molecule has 18 heavy (non-hydrogen) atoms. The van der Waals surface area contributed by atoms with E-state index in [1.54, 1.807) is 0 Å². The van der Waals surface area contributed by atoms with E-state index in [2.05, 4.69) is 23.3 Å². The lowest BCUT2D eigenvalue weighted by atomic mass is 9.83. The fraction of sp³-hybridized carbons (Fsp3) is 0.400. The van der Waals surface area contributed by atoms with Crippen molar-refractivity contribution in [2.24, 2.45) is 0 Å². The van der Waals surface area contributed by atoms with Crippen LogP contribution in [-0.4, -0.2) is 17.4 Å². The van der Waals surface area contributed by atoms with Crippen LogP contribution in [0.2, 0.25) is 0 Å². The summed E-state index contributed by atoms with van der Waals surface area (Å²) in [5.74, 6) is 0.0779. The maximum absolute atomic E-state index is 12.2. The van der Waals surface area contributed by atoms with Gasteiger partial charge in [-0.25, -0.2) is 0 Å². The zero-order chi connectivity index (χ0) is 13.2. The number of benzene rings is 1. The number of carbonyl (C=O) groups excluding carboxylic acids is 1. The topological polar surface area (TPSA) is 44.9 Å².